The summed E-state index contributed by atoms with van der Waals surface area (Å²) in [6.07, 6.45) is 40.0. The average Bonchev–Trinajstić information content (AvgIpc) is 2.80. The molecule has 33 heavy (non-hydrogen) atoms. The van der Waals surface area contributed by atoms with Crippen molar-refractivity contribution >= 4 is 0 Å². The Morgan fingerprint density at radius 2 is 0.970 bits per heavy atom. The smallest absolute Gasteiger partial charge is 0.0169 e. The maximum Gasteiger partial charge on any atom is -0.0169 e. The fourth-order valence-electron chi connectivity index (χ4n) is 5.27. The standard InChI is InChI=1S/C33H64/c1-6-9-11-13-15-16-17-18-19-20-21-22-23-24-25-26-28-30-32(8-3)33(4,5)31-29-27-14-12-10-7-2/h15-16,18-19,32H,6-14,17,20-31H2,1-5H3. The van der Waals surface area contributed by atoms with Gasteiger partial charge in [-0.1, -0.05) is 155 Å². The van der Waals surface area contributed by atoms with E-state index in [9.17, 15) is 0 Å². The van der Waals surface area contributed by atoms with E-state index in [0.29, 0.717) is 5.41 Å². The minimum Gasteiger partial charge on any atom is -0.0882 e. The minimum atomic E-state index is 0.540. The lowest BCUT2D eigenvalue weighted by atomic mass is 9.71. The first-order valence-electron chi connectivity index (χ1n) is 15.4. The van der Waals surface area contributed by atoms with Crippen molar-refractivity contribution in [3.05, 3.63) is 24.3 Å². The Morgan fingerprint density at radius 1 is 0.515 bits per heavy atom. The number of unbranched alkanes of at least 4 members (excludes halogenated alkanes) is 15. The molecule has 1 unspecified atom stereocenters. The quantitative estimate of drug-likeness (QED) is 0.0938. The van der Waals surface area contributed by atoms with E-state index in [0.717, 1.165) is 12.3 Å². The molecule has 0 aromatic carbocycles. The van der Waals surface area contributed by atoms with Crippen molar-refractivity contribution < 1.29 is 0 Å². The van der Waals surface area contributed by atoms with Crippen LogP contribution in [0.5, 0.6) is 0 Å². The predicted octanol–water partition coefficient (Wildman–Crippen LogP) is 12.4. The summed E-state index contributed by atoms with van der Waals surface area (Å²) in [4.78, 5) is 0. The second-order valence-corrected chi connectivity index (χ2v) is 11.3. The molecule has 0 aromatic rings. The first-order valence-corrected chi connectivity index (χ1v) is 15.4. The van der Waals surface area contributed by atoms with E-state index in [4.69, 9.17) is 0 Å². The summed E-state index contributed by atoms with van der Waals surface area (Å²) in [6, 6.07) is 0. The first kappa shape index (κ1) is 32.5. The monoisotopic (exact) mass is 461 g/mol. The third-order valence-corrected chi connectivity index (χ3v) is 7.78. The predicted molar refractivity (Wildman–Crippen MR) is 154 cm³/mol. The molecule has 0 saturated carbocycles. The van der Waals surface area contributed by atoms with Gasteiger partial charge in [0.05, 0.1) is 0 Å². The normalized spacial score (nSPS) is 13.5. The van der Waals surface area contributed by atoms with E-state index in [2.05, 4.69) is 58.9 Å². The maximum atomic E-state index is 2.55. The van der Waals surface area contributed by atoms with Gasteiger partial charge in [-0.25, -0.2) is 0 Å². The third-order valence-electron chi connectivity index (χ3n) is 7.78. The highest BCUT2D eigenvalue weighted by Crippen LogP contribution is 2.38. The summed E-state index contributed by atoms with van der Waals surface area (Å²) in [7, 11) is 0. The van der Waals surface area contributed by atoms with Crippen LogP contribution >= 0.6 is 0 Å². The van der Waals surface area contributed by atoms with Crippen LogP contribution < -0.4 is 0 Å². The molecule has 196 valence electrons. The molecule has 0 fully saturated rings. The SMILES string of the molecule is CCCCCC=CCC=CCCCCCCCCCC(CC)C(C)(C)CCCCCCCC. The van der Waals surface area contributed by atoms with Crippen LogP contribution in [0, 0.1) is 11.3 Å². The molecule has 0 rings (SSSR count). The van der Waals surface area contributed by atoms with Gasteiger partial charge in [0.1, 0.15) is 0 Å². The van der Waals surface area contributed by atoms with Gasteiger partial charge >= 0.3 is 0 Å². The van der Waals surface area contributed by atoms with Gasteiger partial charge in [-0.3, -0.25) is 0 Å². The molecule has 0 nitrogen and oxygen atoms in total. The highest BCUT2D eigenvalue weighted by Gasteiger charge is 2.26. The molecule has 0 aliphatic heterocycles. The van der Waals surface area contributed by atoms with Crippen LogP contribution in [-0.4, -0.2) is 0 Å². The van der Waals surface area contributed by atoms with E-state index >= 15 is 0 Å². The Balaban J connectivity index is 3.61. The van der Waals surface area contributed by atoms with Gasteiger partial charge in [0.25, 0.3) is 0 Å². The summed E-state index contributed by atoms with van der Waals surface area (Å²) in [5.41, 5.74) is 0.540. The molecule has 0 aliphatic rings. The molecular weight excluding hydrogens is 396 g/mol. The zero-order chi connectivity index (χ0) is 24.5. The molecule has 0 radical (unpaired) electrons. The van der Waals surface area contributed by atoms with Gasteiger partial charge in [-0.15, -0.1) is 0 Å². The summed E-state index contributed by atoms with van der Waals surface area (Å²) in [5, 5.41) is 0. The lowest BCUT2D eigenvalue weighted by Crippen LogP contribution is -2.23. The summed E-state index contributed by atoms with van der Waals surface area (Å²) < 4.78 is 0. The van der Waals surface area contributed by atoms with Crippen molar-refractivity contribution in [2.24, 2.45) is 11.3 Å². The zero-order valence-electron chi connectivity index (χ0n) is 23.9. The number of rotatable bonds is 25. The lowest BCUT2D eigenvalue weighted by Gasteiger charge is -2.34. The zero-order valence-corrected chi connectivity index (χ0v) is 23.9. The molecule has 0 saturated heterocycles. The molecule has 0 N–H and O–H groups in total. The van der Waals surface area contributed by atoms with Gasteiger partial charge < -0.3 is 0 Å². The summed E-state index contributed by atoms with van der Waals surface area (Å²) in [6.45, 7) is 12.1. The van der Waals surface area contributed by atoms with Crippen LogP contribution in [0.2, 0.25) is 0 Å². The molecule has 0 heteroatoms. The number of hydrogen-bond donors (Lipinski definition) is 0. The maximum absolute atomic E-state index is 2.55. The van der Waals surface area contributed by atoms with E-state index in [1.165, 1.54) is 135 Å². The second-order valence-electron chi connectivity index (χ2n) is 11.3. The lowest BCUT2D eigenvalue weighted by molar-refractivity contribution is 0.167. The molecular formula is C33H64. The highest BCUT2D eigenvalue weighted by atomic mass is 14.3. The first-order chi connectivity index (χ1) is 16.1. The van der Waals surface area contributed by atoms with Crippen LogP contribution in [0.3, 0.4) is 0 Å². The second kappa shape index (κ2) is 24.6. The molecule has 0 aromatic heterocycles. The van der Waals surface area contributed by atoms with E-state index in [1.807, 2.05) is 0 Å². The summed E-state index contributed by atoms with van der Waals surface area (Å²) >= 11 is 0. The van der Waals surface area contributed by atoms with E-state index < -0.39 is 0 Å². The van der Waals surface area contributed by atoms with Crippen molar-refractivity contribution in [3.8, 4) is 0 Å². The fraction of sp³-hybridized carbons (Fsp3) is 0.879. The molecule has 0 amide bonds. The average molecular weight is 461 g/mol. The molecule has 1 atom stereocenters. The van der Waals surface area contributed by atoms with Crippen molar-refractivity contribution in [2.75, 3.05) is 0 Å². The van der Waals surface area contributed by atoms with Crippen molar-refractivity contribution in [1.82, 2.24) is 0 Å². The Labute approximate surface area is 211 Å². The highest BCUT2D eigenvalue weighted by molar-refractivity contribution is 4.92. The fourth-order valence-corrected chi connectivity index (χ4v) is 5.27. The van der Waals surface area contributed by atoms with Crippen molar-refractivity contribution in [2.45, 2.75) is 176 Å². The summed E-state index contributed by atoms with van der Waals surface area (Å²) in [5.74, 6) is 0.922. The minimum absolute atomic E-state index is 0.540. The molecule has 0 aliphatic carbocycles. The van der Waals surface area contributed by atoms with Gasteiger partial charge in [0.15, 0.2) is 0 Å². The topological polar surface area (TPSA) is 0 Å². The molecule has 0 spiro atoms. The van der Waals surface area contributed by atoms with Crippen LogP contribution in [-0.2, 0) is 0 Å². The Kier molecular flexibility index (Phi) is 24.2. The number of allylic oxidation sites excluding steroid dienone is 4. The Morgan fingerprint density at radius 3 is 1.55 bits per heavy atom. The van der Waals surface area contributed by atoms with Gasteiger partial charge in [-0.05, 0) is 56.3 Å². The van der Waals surface area contributed by atoms with Crippen LogP contribution in [0.25, 0.3) is 0 Å². The number of hydrogen-bond acceptors (Lipinski definition) is 0. The van der Waals surface area contributed by atoms with Crippen molar-refractivity contribution in [1.29, 1.82) is 0 Å². The molecule has 0 heterocycles. The van der Waals surface area contributed by atoms with Gasteiger partial charge in [0, 0.05) is 0 Å². The third kappa shape index (κ3) is 21.7. The Hall–Kier alpha value is -0.520. The van der Waals surface area contributed by atoms with Crippen LogP contribution in [0.4, 0.5) is 0 Å². The van der Waals surface area contributed by atoms with Gasteiger partial charge in [-0.2, -0.15) is 0 Å². The van der Waals surface area contributed by atoms with Crippen LogP contribution in [0.15, 0.2) is 24.3 Å². The Bertz CT molecular complexity index is 427. The largest absolute Gasteiger partial charge is 0.0882 e. The van der Waals surface area contributed by atoms with Gasteiger partial charge in [0.2, 0.25) is 0 Å². The molecule has 0 bridgehead atoms. The van der Waals surface area contributed by atoms with Crippen LogP contribution in [0.1, 0.15) is 176 Å². The van der Waals surface area contributed by atoms with Crippen molar-refractivity contribution in [3.63, 3.8) is 0 Å². The van der Waals surface area contributed by atoms with E-state index in [-0.39, 0.29) is 0 Å². The van der Waals surface area contributed by atoms with E-state index in [1.54, 1.807) is 0 Å².